The molecule has 0 saturated carbocycles. The molecule has 0 atom stereocenters. The van der Waals surface area contributed by atoms with Crippen molar-refractivity contribution in [3.05, 3.63) is 58.7 Å². The molecule has 0 spiro atoms. The molecule has 0 aliphatic carbocycles. The van der Waals surface area contributed by atoms with E-state index >= 15 is 0 Å². The number of methoxy groups -OCH3 is 2. The normalized spacial score (nSPS) is 11.7. The first-order valence-electron chi connectivity index (χ1n) is 9.62. The quantitative estimate of drug-likeness (QED) is 0.542. The molecule has 0 radical (unpaired) electrons. The van der Waals surface area contributed by atoms with Gasteiger partial charge in [-0.3, -0.25) is 0 Å². The minimum absolute atomic E-state index is 0.0248. The Morgan fingerprint density at radius 2 is 1.31 bits per heavy atom. The van der Waals surface area contributed by atoms with E-state index in [1.165, 1.54) is 35.1 Å². The van der Waals surface area contributed by atoms with Gasteiger partial charge in [0, 0.05) is 5.41 Å². The molecule has 0 amide bonds. The van der Waals surface area contributed by atoms with E-state index in [9.17, 15) is 0 Å². The van der Waals surface area contributed by atoms with E-state index in [1.807, 2.05) is 0 Å². The van der Waals surface area contributed by atoms with E-state index in [1.54, 1.807) is 14.2 Å². The molecule has 0 aliphatic heterocycles. The average Bonchev–Trinajstić information content (AvgIpc) is 2.61. The molecule has 2 aromatic rings. The van der Waals surface area contributed by atoms with Crippen molar-refractivity contribution in [3.8, 4) is 11.5 Å². The van der Waals surface area contributed by atoms with Crippen molar-refractivity contribution in [1.29, 1.82) is 0 Å². The van der Waals surface area contributed by atoms with Gasteiger partial charge in [-0.25, -0.2) is 0 Å². The summed E-state index contributed by atoms with van der Waals surface area (Å²) in [7, 11) is 3.47. The molecule has 0 fully saturated rings. The first-order chi connectivity index (χ1) is 12.3. The van der Waals surface area contributed by atoms with Crippen LogP contribution >= 0.6 is 0 Å². The van der Waals surface area contributed by atoms with Crippen LogP contribution in [0.1, 0.15) is 62.3 Å². The zero-order valence-corrected chi connectivity index (χ0v) is 17.5. The maximum absolute atomic E-state index is 5.46. The zero-order valence-electron chi connectivity index (χ0n) is 17.5. The Labute approximate surface area is 159 Å². The first kappa shape index (κ1) is 20.4. The second-order valence-corrected chi connectivity index (χ2v) is 7.99. The van der Waals surface area contributed by atoms with Crippen LogP contribution in [0.15, 0.2) is 36.4 Å². The summed E-state index contributed by atoms with van der Waals surface area (Å²) in [6, 6.07) is 13.2. The lowest BCUT2D eigenvalue weighted by Gasteiger charge is -2.32. The highest BCUT2D eigenvalue weighted by atomic mass is 16.5. The Hall–Kier alpha value is -1.96. The fourth-order valence-corrected chi connectivity index (χ4v) is 3.76. The van der Waals surface area contributed by atoms with Crippen LogP contribution < -0.4 is 9.47 Å². The summed E-state index contributed by atoms with van der Waals surface area (Å²) in [5.41, 5.74) is 5.05. The van der Waals surface area contributed by atoms with E-state index in [0.29, 0.717) is 0 Å². The van der Waals surface area contributed by atoms with Crippen molar-refractivity contribution in [1.82, 2.24) is 0 Å². The van der Waals surface area contributed by atoms with Gasteiger partial charge in [0.1, 0.15) is 11.5 Å². The van der Waals surface area contributed by atoms with Gasteiger partial charge in [0.05, 0.1) is 14.2 Å². The minimum Gasteiger partial charge on any atom is -0.496 e. The summed E-state index contributed by atoms with van der Waals surface area (Å²) < 4.78 is 10.9. The van der Waals surface area contributed by atoms with Gasteiger partial charge in [-0.2, -0.15) is 0 Å². The molecule has 0 aliphatic rings. The summed E-state index contributed by atoms with van der Waals surface area (Å²) in [5.74, 6) is 2.63. The summed E-state index contributed by atoms with van der Waals surface area (Å²) in [5, 5.41) is 0. The molecule has 0 bridgehead atoms. The smallest absolute Gasteiger partial charge is 0.121 e. The van der Waals surface area contributed by atoms with Crippen molar-refractivity contribution < 1.29 is 9.47 Å². The molecule has 142 valence electrons. The molecule has 2 nitrogen and oxygen atoms in total. The van der Waals surface area contributed by atoms with E-state index < -0.39 is 0 Å². The molecule has 26 heavy (non-hydrogen) atoms. The van der Waals surface area contributed by atoms with Gasteiger partial charge < -0.3 is 9.47 Å². The highest BCUT2D eigenvalue weighted by Gasteiger charge is 2.29. The van der Waals surface area contributed by atoms with Gasteiger partial charge in [-0.1, -0.05) is 57.9 Å². The predicted molar refractivity (Wildman–Crippen MR) is 111 cm³/mol. The van der Waals surface area contributed by atoms with Gasteiger partial charge in [-0.05, 0) is 60.6 Å². The van der Waals surface area contributed by atoms with E-state index in [2.05, 4.69) is 71.0 Å². The molecule has 0 saturated heterocycles. The lowest BCUT2D eigenvalue weighted by atomic mass is 9.71. The van der Waals surface area contributed by atoms with Crippen LogP contribution in [0.5, 0.6) is 11.5 Å². The molecule has 0 unspecified atom stereocenters. The van der Waals surface area contributed by atoms with Gasteiger partial charge in [0.25, 0.3) is 0 Å². The fourth-order valence-electron chi connectivity index (χ4n) is 3.76. The summed E-state index contributed by atoms with van der Waals surface area (Å²) >= 11 is 0. The van der Waals surface area contributed by atoms with E-state index in [4.69, 9.17) is 9.47 Å². The van der Waals surface area contributed by atoms with Gasteiger partial charge in [0.15, 0.2) is 0 Å². The van der Waals surface area contributed by atoms with Crippen molar-refractivity contribution in [2.45, 2.75) is 59.3 Å². The Kier molecular flexibility index (Phi) is 6.75. The van der Waals surface area contributed by atoms with Crippen LogP contribution in [0, 0.1) is 19.8 Å². The average molecular weight is 355 g/mol. The van der Waals surface area contributed by atoms with Crippen molar-refractivity contribution in [3.63, 3.8) is 0 Å². The van der Waals surface area contributed by atoms with Gasteiger partial charge in [0.2, 0.25) is 0 Å². The van der Waals surface area contributed by atoms with E-state index in [0.717, 1.165) is 23.8 Å². The number of benzene rings is 2. The Bertz CT molecular complexity index is 677. The topological polar surface area (TPSA) is 18.5 Å². The second kappa shape index (κ2) is 8.62. The van der Waals surface area contributed by atoms with Crippen LogP contribution in [-0.4, -0.2) is 14.2 Å². The second-order valence-electron chi connectivity index (χ2n) is 7.99. The molecule has 0 N–H and O–H groups in total. The number of hydrogen-bond acceptors (Lipinski definition) is 2. The zero-order chi connectivity index (χ0) is 19.3. The molecular formula is C24H34O2. The maximum Gasteiger partial charge on any atom is 0.121 e. The van der Waals surface area contributed by atoms with Crippen molar-refractivity contribution >= 4 is 0 Å². The molecule has 0 aromatic heterocycles. The minimum atomic E-state index is -0.0248. The monoisotopic (exact) mass is 354 g/mol. The van der Waals surface area contributed by atoms with Crippen LogP contribution in [0.4, 0.5) is 0 Å². The van der Waals surface area contributed by atoms with Crippen LogP contribution in [0.3, 0.4) is 0 Å². The van der Waals surface area contributed by atoms with Crippen LogP contribution in [0.2, 0.25) is 0 Å². The standard InChI is InChI=1S/C24H34O2/c1-17(2)9-8-14-24(5,20-10-12-22(25-6)18(3)15-20)21-11-13-23(26-7)19(4)16-21/h10-13,15-17H,8-9,14H2,1-7H3. The Balaban J connectivity index is 2.48. The third-order valence-corrected chi connectivity index (χ3v) is 5.52. The lowest BCUT2D eigenvalue weighted by Crippen LogP contribution is -2.24. The van der Waals surface area contributed by atoms with Crippen LogP contribution in [-0.2, 0) is 5.41 Å². The SMILES string of the molecule is COc1ccc(C(C)(CCCC(C)C)c2ccc(OC)c(C)c2)cc1C. The predicted octanol–water partition coefficient (Wildman–Crippen LogP) is 6.45. The molecule has 2 aromatic carbocycles. The third kappa shape index (κ3) is 4.41. The highest BCUT2D eigenvalue weighted by Crippen LogP contribution is 2.40. The largest absolute Gasteiger partial charge is 0.496 e. The van der Waals surface area contributed by atoms with E-state index in [-0.39, 0.29) is 5.41 Å². The number of aryl methyl sites for hydroxylation is 2. The fraction of sp³-hybridized carbons (Fsp3) is 0.500. The van der Waals surface area contributed by atoms with Crippen molar-refractivity contribution in [2.75, 3.05) is 14.2 Å². The summed E-state index contributed by atoms with van der Waals surface area (Å²) in [4.78, 5) is 0. The molecule has 0 heterocycles. The Morgan fingerprint density at radius 3 is 1.65 bits per heavy atom. The van der Waals surface area contributed by atoms with Gasteiger partial charge >= 0.3 is 0 Å². The summed E-state index contributed by atoms with van der Waals surface area (Å²) in [6.07, 6.45) is 3.59. The lowest BCUT2D eigenvalue weighted by molar-refractivity contribution is 0.408. The number of rotatable bonds is 8. The number of hydrogen-bond donors (Lipinski definition) is 0. The highest BCUT2D eigenvalue weighted by molar-refractivity contribution is 5.47. The molecule has 2 heteroatoms. The van der Waals surface area contributed by atoms with Gasteiger partial charge in [-0.15, -0.1) is 0 Å². The third-order valence-electron chi connectivity index (χ3n) is 5.52. The molecule has 2 rings (SSSR count). The maximum atomic E-state index is 5.46. The Morgan fingerprint density at radius 1 is 0.846 bits per heavy atom. The van der Waals surface area contributed by atoms with Crippen molar-refractivity contribution in [2.24, 2.45) is 5.92 Å². The number of ether oxygens (including phenoxy) is 2. The molecular weight excluding hydrogens is 320 g/mol. The summed E-state index contributed by atoms with van der Waals surface area (Å²) in [6.45, 7) is 11.2. The van der Waals surface area contributed by atoms with Crippen LogP contribution in [0.25, 0.3) is 0 Å². The first-order valence-corrected chi connectivity index (χ1v) is 9.62.